The van der Waals surface area contributed by atoms with Crippen molar-refractivity contribution < 1.29 is 27.5 Å². The Hall–Kier alpha value is -2.09. The highest BCUT2D eigenvalue weighted by Gasteiger charge is 2.27. The minimum Gasteiger partial charge on any atom is -0.372 e. The van der Waals surface area contributed by atoms with Gasteiger partial charge in [-0.25, -0.2) is 0 Å². The van der Waals surface area contributed by atoms with Crippen molar-refractivity contribution in [3.05, 3.63) is 30.3 Å². The molecule has 122 valence electrons. The first-order chi connectivity index (χ1) is 10.4. The summed E-state index contributed by atoms with van der Waals surface area (Å²) in [5.41, 5.74) is 0.652. The van der Waals surface area contributed by atoms with Crippen LogP contribution in [0.25, 0.3) is 0 Å². The summed E-state index contributed by atoms with van der Waals surface area (Å²) in [6.07, 6.45) is -4.51. The van der Waals surface area contributed by atoms with Gasteiger partial charge in [0.05, 0.1) is 6.61 Å². The van der Waals surface area contributed by atoms with Crippen LogP contribution in [0.4, 0.5) is 18.9 Å². The number of carbonyl (C=O) groups is 2. The number of amides is 2. The fraction of sp³-hybridized carbons (Fsp3) is 0.429. The molecular formula is C14H17F3N2O3. The fourth-order valence-electron chi connectivity index (χ4n) is 1.50. The third-order valence-corrected chi connectivity index (χ3v) is 2.47. The number of hydrogen-bond donors (Lipinski definition) is 2. The van der Waals surface area contributed by atoms with Gasteiger partial charge in [0.2, 0.25) is 11.8 Å². The lowest BCUT2D eigenvalue weighted by molar-refractivity contribution is -0.174. The molecule has 0 heterocycles. The van der Waals surface area contributed by atoms with Crippen molar-refractivity contribution in [2.24, 2.45) is 0 Å². The van der Waals surface area contributed by atoms with Gasteiger partial charge in [-0.05, 0) is 12.1 Å². The van der Waals surface area contributed by atoms with E-state index in [1.807, 2.05) is 6.07 Å². The number of rotatable bonds is 8. The predicted octanol–water partition coefficient (Wildman–Crippen LogP) is 2.10. The summed E-state index contributed by atoms with van der Waals surface area (Å²) in [6.45, 7) is -1.59. The molecule has 5 nitrogen and oxygen atoms in total. The third-order valence-electron chi connectivity index (χ3n) is 2.47. The summed E-state index contributed by atoms with van der Waals surface area (Å²) in [6, 6.07) is 8.83. The second-order valence-electron chi connectivity index (χ2n) is 4.43. The Balaban J connectivity index is 2.08. The summed E-state index contributed by atoms with van der Waals surface area (Å²) in [5.74, 6) is -0.727. The normalized spacial score (nSPS) is 11.0. The van der Waals surface area contributed by atoms with Gasteiger partial charge in [0.15, 0.2) is 0 Å². The lowest BCUT2D eigenvalue weighted by Crippen LogP contribution is -2.29. The van der Waals surface area contributed by atoms with E-state index in [0.29, 0.717) is 5.69 Å². The van der Waals surface area contributed by atoms with Crippen LogP contribution in [0.15, 0.2) is 30.3 Å². The molecule has 1 rings (SSSR count). The molecule has 0 saturated heterocycles. The molecular weight excluding hydrogens is 301 g/mol. The highest BCUT2D eigenvalue weighted by atomic mass is 19.4. The molecule has 0 atom stereocenters. The molecule has 0 fully saturated rings. The molecule has 0 aliphatic heterocycles. The Labute approximate surface area is 125 Å². The lowest BCUT2D eigenvalue weighted by atomic mass is 10.3. The molecule has 0 aliphatic carbocycles. The smallest absolute Gasteiger partial charge is 0.372 e. The summed E-state index contributed by atoms with van der Waals surface area (Å²) in [5, 5.41) is 5.08. The van der Waals surface area contributed by atoms with E-state index in [1.165, 1.54) is 0 Å². The van der Waals surface area contributed by atoms with Gasteiger partial charge in [0, 0.05) is 25.1 Å². The van der Waals surface area contributed by atoms with Crippen molar-refractivity contribution in [1.29, 1.82) is 0 Å². The maximum Gasteiger partial charge on any atom is 0.411 e. The van der Waals surface area contributed by atoms with Crippen LogP contribution in [0.3, 0.4) is 0 Å². The van der Waals surface area contributed by atoms with E-state index in [-0.39, 0.29) is 31.9 Å². The van der Waals surface area contributed by atoms with Crippen molar-refractivity contribution in [3.63, 3.8) is 0 Å². The van der Waals surface area contributed by atoms with Crippen LogP contribution in [0.1, 0.15) is 12.8 Å². The number of hydrogen-bond acceptors (Lipinski definition) is 3. The second kappa shape index (κ2) is 9.04. The van der Waals surface area contributed by atoms with Gasteiger partial charge in [-0.15, -0.1) is 0 Å². The van der Waals surface area contributed by atoms with E-state index in [0.717, 1.165) is 0 Å². The van der Waals surface area contributed by atoms with Crippen molar-refractivity contribution >= 4 is 17.5 Å². The number of ether oxygens (including phenoxy) is 1. The maximum absolute atomic E-state index is 11.8. The Morgan fingerprint density at radius 3 is 2.36 bits per heavy atom. The quantitative estimate of drug-likeness (QED) is 0.721. The molecule has 0 aromatic heterocycles. The molecule has 1 aromatic carbocycles. The van der Waals surface area contributed by atoms with Crippen LogP contribution in [-0.4, -0.2) is 37.7 Å². The maximum atomic E-state index is 11.8. The molecule has 2 amide bonds. The number of anilines is 1. The SMILES string of the molecule is O=C(CCOCC(F)(F)F)NCCC(=O)Nc1ccccc1. The topological polar surface area (TPSA) is 67.4 Å². The average molecular weight is 318 g/mol. The van der Waals surface area contributed by atoms with Gasteiger partial charge in [-0.1, -0.05) is 18.2 Å². The first kappa shape index (κ1) is 18.0. The van der Waals surface area contributed by atoms with E-state index in [9.17, 15) is 22.8 Å². The molecule has 1 aromatic rings. The van der Waals surface area contributed by atoms with E-state index in [4.69, 9.17) is 0 Å². The number of nitrogens with one attached hydrogen (secondary N) is 2. The molecule has 0 radical (unpaired) electrons. The van der Waals surface area contributed by atoms with Crippen LogP contribution in [-0.2, 0) is 14.3 Å². The fourth-order valence-corrected chi connectivity index (χ4v) is 1.50. The molecule has 2 N–H and O–H groups in total. The number of para-hydroxylation sites is 1. The average Bonchev–Trinajstić information content (AvgIpc) is 2.44. The van der Waals surface area contributed by atoms with Crippen molar-refractivity contribution in [2.45, 2.75) is 19.0 Å². The standard InChI is InChI=1S/C14H17F3N2O3/c15-14(16,17)10-22-9-7-12(20)18-8-6-13(21)19-11-4-2-1-3-5-11/h1-5H,6-10H2,(H,18,20)(H,19,21). The minimum absolute atomic E-state index is 0.0735. The molecule has 0 spiro atoms. The number of alkyl halides is 3. The number of carbonyl (C=O) groups excluding carboxylic acids is 2. The molecule has 0 unspecified atom stereocenters. The van der Waals surface area contributed by atoms with Crippen LogP contribution < -0.4 is 10.6 Å². The Bertz CT molecular complexity index is 478. The first-order valence-corrected chi connectivity index (χ1v) is 6.63. The van der Waals surface area contributed by atoms with Crippen LogP contribution >= 0.6 is 0 Å². The summed E-state index contributed by atoms with van der Waals surface area (Å²) >= 11 is 0. The second-order valence-corrected chi connectivity index (χ2v) is 4.43. The monoisotopic (exact) mass is 318 g/mol. The van der Waals surface area contributed by atoms with Crippen LogP contribution in [0.2, 0.25) is 0 Å². The van der Waals surface area contributed by atoms with Gasteiger partial charge in [-0.2, -0.15) is 13.2 Å². The van der Waals surface area contributed by atoms with E-state index >= 15 is 0 Å². The van der Waals surface area contributed by atoms with Gasteiger partial charge >= 0.3 is 6.18 Å². The van der Waals surface area contributed by atoms with Gasteiger partial charge < -0.3 is 15.4 Å². The summed E-state index contributed by atoms with van der Waals surface area (Å²) in [4.78, 5) is 22.9. The van der Waals surface area contributed by atoms with Gasteiger partial charge in [0.25, 0.3) is 0 Å². The van der Waals surface area contributed by atoms with Crippen LogP contribution in [0, 0.1) is 0 Å². The molecule has 8 heteroatoms. The predicted molar refractivity (Wildman–Crippen MR) is 74.2 cm³/mol. The Kier molecular flexibility index (Phi) is 7.38. The van der Waals surface area contributed by atoms with Crippen molar-refractivity contribution in [3.8, 4) is 0 Å². The zero-order valence-electron chi connectivity index (χ0n) is 11.8. The van der Waals surface area contributed by atoms with Gasteiger partial charge in [-0.3, -0.25) is 9.59 Å². The summed E-state index contributed by atoms with van der Waals surface area (Å²) < 4.78 is 39.7. The lowest BCUT2D eigenvalue weighted by Gasteiger charge is -2.08. The van der Waals surface area contributed by atoms with Crippen LogP contribution in [0.5, 0.6) is 0 Å². The van der Waals surface area contributed by atoms with Gasteiger partial charge in [0.1, 0.15) is 6.61 Å². The first-order valence-electron chi connectivity index (χ1n) is 6.63. The van der Waals surface area contributed by atoms with E-state index in [2.05, 4.69) is 15.4 Å². The zero-order chi connectivity index (χ0) is 16.4. The van der Waals surface area contributed by atoms with E-state index in [1.54, 1.807) is 24.3 Å². The van der Waals surface area contributed by atoms with E-state index < -0.39 is 18.7 Å². The molecule has 0 aliphatic rings. The Morgan fingerprint density at radius 2 is 1.73 bits per heavy atom. The zero-order valence-corrected chi connectivity index (χ0v) is 11.8. The molecule has 0 saturated carbocycles. The van der Waals surface area contributed by atoms with Crippen molar-refractivity contribution in [2.75, 3.05) is 25.1 Å². The third kappa shape index (κ3) is 8.96. The Morgan fingerprint density at radius 1 is 1.05 bits per heavy atom. The number of benzene rings is 1. The highest BCUT2D eigenvalue weighted by molar-refractivity contribution is 5.91. The highest BCUT2D eigenvalue weighted by Crippen LogP contribution is 2.14. The van der Waals surface area contributed by atoms with Crippen molar-refractivity contribution in [1.82, 2.24) is 5.32 Å². The molecule has 22 heavy (non-hydrogen) atoms. The summed E-state index contributed by atoms with van der Waals surface area (Å²) in [7, 11) is 0. The minimum atomic E-state index is -4.40. The number of halogens is 3. The molecule has 0 bridgehead atoms. The largest absolute Gasteiger partial charge is 0.411 e.